The van der Waals surface area contributed by atoms with Crippen molar-refractivity contribution >= 4 is 34.0 Å². The van der Waals surface area contributed by atoms with Gasteiger partial charge in [-0.05, 0) is 25.3 Å². The minimum Gasteiger partial charge on any atom is -0.381 e. The monoisotopic (exact) mass is 321 g/mol. The smallest absolute Gasteiger partial charge is 0.228 e. The van der Waals surface area contributed by atoms with Crippen LogP contribution in [0.2, 0.25) is 0 Å². The predicted molar refractivity (Wildman–Crippen MR) is 88.2 cm³/mol. The molecule has 0 N–H and O–H groups in total. The standard InChI is InChI=1S/C16H19NO2S2/c1-11-13(4-3-12-5-8-19-9-6-12)21-16-15(11)20-10-7-14(18)17(16)2/h12H,5-10H2,1-2H3. The van der Waals surface area contributed by atoms with Crippen molar-refractivity contribution in [1.29, 1.82) is 0 Å². The number of nitrogens with zero attached hydrogens (tertiary/aromatic N) is 1. The van der Waals surface area contributed by atoms with Crippen LogP contribution in [0.3, 0.4) is 0 Å². The number of hydrogen-bond donors (Lipinski definition) is 0. The summed E-state index contributed by atoms with van der Waals surface area (Å²) in [6.45, 7) is 3.78. The fraction of sp³-hybridized carbons (Fsp3) is 0.562. The second-order valence-electron chi connectivity index (χ2n) is 5.40. The maximum Gasteiger partial charge on any atom is 0.228 e. The molecule has 2 aliphatic heterocycles. The van der Waals surface area contributed by atoms with Crippen LogP contribution < -0.4 is 4.90 Å². The van der Waals surface area contributed by atoms with Gasteiger partial charge in [0.05, 0.1) is 4.88 Å². The SMILES string of the molecule is Cc1c(C#CC2CCOCC2)sc2c1SCCC(=O)N2C. The van der Waals surface area contributed by atoms with Crippen molar-refractivity contribution in [3.05, 3.63) is 10.4 Å². The second-order valence-corrected chi connectivity index (χ2v) is 7.50. The van der Waals surface area contributed by atoms with Gasteiger partial charge in [0.2, 0.25) is 5.91 Å². The number of thiophene rings is 1. The third kappa shape index (κ3) is 3.13. The number of carbonyl (C=O) groups is 1. The summed E-state index contributed by atoms with van der Waals surface area (Å²) in [7, 11) is 1.87. The van der Waals surface area contributed by atoms with Crippen molar-refractivity contribution in [1.82, 2.24) is 0 Å². The average molecular weight is 321 g/mol. The molecule has 21 heavy (non-hydrogen) atoms. The molecular formula is C16H19NO2S2. The van der Waals surface area contributed by atoms with Crippen molar-refractivity contribution < 1.29 is 9.53 Å². The molecule has 2 aliphatic rings. The number of carbonyl (C=O) groups excluding carboxylic acids is 1. The Morgan fingerprint density at radius 3 is 2.86 bits per heavy atom. The number of thioether (sulfide) groups is 1. The zero-order valence-electron chi connectivity index (χ0n) is 12.4. The Morgan fingerprint density at radius 1 is 1.33 bits per heavy atom. The van der Waals surface area contributed by atoms with Crippen LogP contribution in [-0.2, 0) is 9.53 Å². The molecule has 0 aliphatic carbocycles. The molecule has 1 saturated heterocycles. The van der Waals surface area contributed by atoms with Gasteiger partial charge in [0.15, 0.2) is 0 Å². The molecule has 0 bridgehead atoms. The van der Waals surface area contributed by atoms with E-state index in [4.69, 9.17) is 4.74 Å². The molecule has 5 heteroatoms. The van der Waals surface area contributed by atoms with E-state index in [1.807, 2.05) is 7.05 Å². The quantitative estimate of drug-likeness (QED) is 0.687. The lowest BCUT2D eigenvalue weighted by Crippen LogP contribution is -2.24. The minimum absolute atomic E-state index is 0.200. The normalized spacial score (nSPS) is 19.7. The van der Waals surface area contributed by atoms with Crippen LogP contribution in [0.5, 0.6) is 0 Å². The summed E-state index contributed by atoms with van der Waals surface area (Å²) < 4.78 is 5.37. The van der Waals surface area contributed by atoms with Crippen LogP contribution in [0.4, 0.5) is 5.00 Å². The Bertz CT molecular complexity index is 606. The number of ether oxygens (including phenoxy) is 1. The topological polar surface area (TPSA) is 29.5 Å². The van der Waals surface area contributed by atoms with Gasteiger partial charge in [-0.2, -0.15) is 0 Å². The van der Waals surface area contributed by atoms with Crippen LogP contribution in [0, 0.1) is 24.7 Å². The molecule has 1 aromatic rings. The molecule has 0 spiro atoms. The van der Waals surface area contributed by atoms with Gasteiger partial charge in [0, 0.05) is 43.2 Å². The Balaban J connectivity index is 1.87. The molecule has 3 nitrogen and oxygen atoms in total. The lowest BCUT2D eigenvalue weighted by molar-refractivity contribution is -0.117. The van der Waals surface area contributed by atoms with Crippen molar-refractivity contribution in [2.75, 3.05) is 30.9 Å². The highest BCUT2D eigenvalue weighted by Gasteiger charge is 2.24. The fourth-order valence-corrected chi connectivity index (χ4v) is 4.99. The van der Waals surface area contributed by atoms with E-state index in [2.05, 4.69) is 18.8 Å². The van der Waals surface area contributed by atoms with E-state index in [1.54, 1.807) is 28.0 Å². The van der Waals surface area contributed by atoms with E-state index in [0.29, 0.717) is 12.3 Å². The van der Waals surface area contributed by atoms with Gasteiger partial charge in [0.25, 0.3) is 0 Å². The highest BCUT2D eigenvalue weighted by atomic mass is 32.2. The largest absolute Gasteiger partial charge is 0.381 e. The highest BCUT2D eigenvalue weighted by Crippen LogP contribution is 2.43. The molecular weight excluding hydrogens is 302 g/mol. The van der Waals surface area contributed by atoms with E-state index in [9.17, 15) is 4.79 Å². The molecule has 112 valence electrons. The molecule has 0 saturated carbocycles. The number of anilines is 1. The summed E-state index contributed by atoms with van der Waals surface area (Å²) in [5.41, 5.74) is 1.24. The first-order valence-corrected chi connectivity index (χ1v) is 9.09. The van der Waals surface area contributed by atoms with Crippen LogP contribution in [0.1, 0.15) is 29.7 Å². The maximum atomic E-state index is 12.0. The van der Waals surface area contributed by atoms with Crippen molar-refractivity contribution in [2.24, 2.45) is 5.92 Å². The highest BCUT2D eigenvalue weighted by molar-refractivity contribution is 7.99. The van der Waals surface area contributed by atoms with E-state index in [0.717, 1.165) is 41.7 Å². The first-order chi connectivity index (χ1) is 10.2. The third-order valence-corrected chi connectivity index (χ3v) is 6.54. The van der Waals surface area contributed by atoms with Crippen LogP contribution in [0.25, 0.3) is 0 Å². The first-order valence-electron chi connectivity index (χ1n) is 7.29. The first kappa shape index (κ1) is 15.0. The van der Waals surface area contributed by atoms with E-state index in [1.165, 1.54) is 10.5 Å². The molecule has 0 radical (unpaired) electrons. The van der Waals surface area contributed by atoms with Gasteiger partial charge >= 0.3 is 0 Å². The molecule has 0 atom stereocenters. The van der Waals surface area contributed by atoms with Crippen LogP contribution in [-0.4, -0.2) is 31.9 Å². The molecule has 1 aromatic heterocycles. The number of rotatable bonds is 0. The summed E-state index contributed by atoms with van der Waals surface area (Å²) in [6.07, 6.45) is 2.68. The molecule has 0 unspecified atom stereocenters. The number of fused-ring (bicyclic) bond motifs is 1. The van der Waals surface area contributed by atoms with Gasteiger partial charge in [-0.3, -0.25) is 4.79 Å². The van der Waals surface area contributed by atoms with Gasteiger partial charge in [-0.1, -0.05) is 11.8 Å². The van der Waals surface area contributed by atoms with Gasteiger partial charge < -0.3 is 9.64 Å². The molecule has 0 aromatic carbocycles. The number of hydrogen-bond acceptors (Lipinski definition) is 4. The Labute approximate surface area is 134 Å². The summed E-state index contributed by atoms with van der Waals surface area (Å²) in [4.78, 5) is 16.1. The Kier molecular flexibility index (Phi) is 4.58. The zero-order chi connectivity index (χ0) is 14.8. The second kappa shape index (κ2) is 6.43. The van der Waals surface area contributed by atoms with Crippen LogP contribution in [0.15, 0.2) is 4.90 Å². The van der Waals surface area contributed by atoms with Crippen molar-refractivity contribution in [3.8, 4) is 11.8 Å². The molecule has 3 heterocycles. The summed E-state index contributed by atoms with van der Waals surface area (Å²) >= 11 is 3.44. The molecule has 1 fully saturated rings. The van der Waals surface area contributed by atoms with Gasteiger partial charge in [-0.25, -0.2) is 0 Å². The van der Waals surface area contributed by atoms with E-state index >= 15 is 0 Å². The third-order valence-electron chi connectivity index (χ3n) is 3.93. The lowest BCUT2D eigenvalue weighted by atomic mass is 10.0. The summed E-state index contributed by atoms with van der Waals surface area (Å²) in [6, 6.07) is 0. The Hall–Kier alpha value is -0.960. The fourth-order valence-electron chi connectivity index (χ4n) is 2.52. The molecule has 1 amide bonds. The lowest BCUT2D eigenvalue weighted by Gasteiger charge is -2.16. The maximum absolute atomic E-state index is 12.0. The van der Waals surface area contributed by atoms with Crippen molar-refractivity contribution in [2.45, 2.75) is 31.1 Å². The van der Waals surface area contributed by atoms with E-state index < -0.39 is 0 Å². The van der Waals surface area contributed by atoms with Gasteiger partial charge in [0.1, 0.15) is 5.00 Å². The minimum atomic E-state index is 0.200. The van der Waals surface area contributed by atoms with E-state index in [-0.39, 0.29) is 5.91 Å². The van der Waals surface area contributed by atoms with Crippen molar-refractivity contribution in [3.63, 3.8) is 0 Å². The number of amides is 1. The predicted octanol–water partition coefficient (Wildman–Crippen LogP) is 3.29. The summed E-state index contributed by atoms with van der Waals surface area (Å²) in [5.74, 6) is 8.27. The van der Waals surface area contributed by atoms with Crippen LogP contribution >= 0.6 is 23.1 Å². The van der Waals surface area contributed by atoms with Gasteiger partial charge in [-0.15, -0.1) is 23.1 Å². The molecule has 3 rings (SSSR count). The Morgan fingerprint density at radius 2 is 2.10 bits per heavy atom. The zero-order valence-corrected chi connectivity index (χ0v) is 14.0. The summed E-state index contributed by atoms with van der Waals surface area (Å²) in [5, 5.41) is 1.07. The average Bonchev–Trinajstić information content (AvgIpc) is 2.74.